The van der Waals surface area contributed by atoms with E-state index in [0.717, 1.165) is 32.8 Å². The molecule has 0 aliphatic carbocycles. The summed E-state index contributed by atoms with van der Waals surface area (Å²) in [5.41, 5.74) is 0. The van der Waals surface area contributed by atoms with Gasteiger partial charge in [0.2, 0.25) is 0 Å². The van der Waals surface area contributed by atoms with Crippen molar-refractivity contribution >= 4 is 17.5 Å². The summed E-state index contributed by atoms with van der Waals surface area (Å²) in [6.07, 6.45) is -0.561. The molecule has 1 aliphatic heterocycles. The smallest absolute Gasteiger partial charge is 0.263 e. The molecule has 1 aromatic carbocycles. The Kier molecular flexibility index (Phi) is 6.49. The largest absolute Gasteiger partial charge is 0.479 e. The van der Waals surface area contributed by atoms with E-state index in [9.17, 15) is 4.79 Å². The Hall–Kier alpha value is -1.30. The van der Waals surface area contributed by atoms with Crippen LogP contribution in [0.2, 0.25) is 5.02 Å². The standard InChI is InChI=1S/C16H23ClN2O3/c1-13(22-15-6-4-3-5-14(15)17)16(20)18(2)7-8-19-9-11-21-12-10-19/h3-6,13H,7-12H2,1-2H3/t13-/m0/s1. The average Bonchev–Trinajstić information content (AvgIpc) is 2.55. The maximum absolute atomic E-state index is 12.3. The van der Waals surface area contributed by atoms with E-state index in [1.54, 1.807) is 31.0 Å². The summed E-state index contributed by atoms with van der Waals surface area (Å²) in [4.78, 5) is 16.3. The van der Waals surface area contributed by atoms with Gasteiger partial charge in [0.05, 0.1) is 18.2 Å². The van der Waals surface area contributed by atoms with Gasteiger partial charge in [0, 0.05) is 33.2 Å². The second kappa shape index (κ2) is 8.36. The summed E-state index contributed by atoms with van der Waals surface area (Å²) in [6, 6.07) is 7.17. The number of halogens is 1. The first-order valence-electron chi connectivity index (χ1n) is 7.54. The van der Waals surface area contributed by atoms with Crippen molar-refractivity contribution in [2.24, 2.45) is 0 Å². The van der Waals surface area contributed by atoms with Crippen LogP contribution >= 0.6 is 11.6 Å². The molecule has 0 saturated carbocycles. The van der Waals surface area contributed by atoms with Crippen LogP contribution in [0, 0.1) is 0 Å². The van der Waals surface area contributed by atoms with Gasteiger partial charge in [-0.05, 0) is 19.1 Å². The fourth-order valence-electron chi connectivity index (χ4n) is 2.32. The molecule has 1 atom stereocenters. The number of likely N-dealkylation sites (N-methyl/N-ethyl adjacent to an activating group) is 1. The Balaban J connectivity index is 1.80. The summed E-state index contributed by atoms with van der Waals surface area (Å²) in [5, 5.41) is 0.512. The van der Waals surface area contributed by atoms with Gasteiger partial charge in [-0.3, -0.25) is 9.69 Å². The first-order valence-corrected chi connectivity index (χ1v) is 7.92. The van der Waals surface area contributed by atoms with Crippen LogP contribution < -0.4 is 4.74 Å². The zero-order valence-electron chi connectivity index (χ0n) is 13.1. The predicted octanol–water partition coefficient (Wildman–Crippen LogP) is 1.90. The number of carbonyl (C=O) groups is 1. The van der Waals surface area contributed by atoms with Gasteiger partial charge in [-0.15, -0.1) is 0 Å². The van der Waals surface area contributed by atoms with Crippen molar-refractivity contribution in [2.75, 3.05) is 46.4 Å². The summed E-state index contributed by atoms with van der Waals surface area (Å²) in [6.45, 7) is 6.66. The van der Waals surface area contributed by atoms with Crippen molar-refractivity contribution in [3.63, 3.8) is 0 Å². The number of carbonyl (C=O) groups excluding carboxylic acids is 1. The molecule has 0 spiro atoms. The summed E-state index contributed by atoms with van der Waals surface area (Å²) in [5.74, 6) is 0.486. The van der Waals surface area contributed by atoms with Crippen LogP contribution in [-0.4, -0.2) is 68.3 Å². The minimum absolute atomic E-state index is 0.0480. The lowest BCUT2D eigenvalue weighted by atomic mass is 10.3. The van der Waals surface area contributed by atoms with E-state index < -0.39 is 6.10 Å². The number of amides is 1. The molecule has 122 valence electrons. The Morgan fingerprint density at radius 2 is 2.09 bits per heavy atom. The molecule has 6 heteroatoms. The Morgan fingerprint density at radius 1 is 1.41 bits per heavy atom. The third-order valence-electron chi connectivity index (χ3n) is 3.72. The summed E-state index contributed by atoms with van der Waals surface area (Å²) >= 11 is 6.05. The molecule has 0 aromatic heterocycles. The van der Waals surface area contributed by atoms with Gasteiger partial charge >= 0.3 is 0 Å². The summed E-state index contributed by atoms with van der Waals surface area (Å²) in [7, 11) is 1.80. The fourth-order valence-corrected chi connectivity index (χ4v) is 2.50. The van der Waals surface area contributed by atoms with Crippen LogP contribution in [-0.2, 0) is 9.53 Å². The second-order valence-corrected chi connectivity index (χ2v) is 5.81. The molecule has 1 fully saturated rings. The molecule has 1 aliphatic rings. The number of ether oxygens (including phenoxy) is 2. The number of hydrogen-bond acceptors (Lipinski definition) is 4. The number of rotatable bonds is 6. The number of para-hydroxylation sites is 1. The molecule has 0 unspecified atom stereocenters. The summed E-state index contributed by atoms with van der Waals surface area (Å²) < 4.78 is 11.0. The highest BCUT2D eigenvalue weighted by molar-refractivity contribution is 6.32. The highest BCUT2D eigenvalue weighted by atomic mass is 35.5. The number of benzene rings is 1. The molecule has 22 heavy (non-hydrogen) atoms. The molecule has 2 rings (SSSR count). The van der Waals surface area contributed by atoms with E-state index in [1.807, 2.05) is 12.1 Å². The lowest BCUT2D eigenvalue weighted by Gasteiger charge is -2.29. The van der Waals surface area contributed by atoms with Crippen molar-refractivity contribution in [3.05, 3.63) is 29.3 Å². The van der Waals surface area contributed by atoms with E-state index in [4.69, 9.17) is 21.1 Å². The minimum atomic E-state index is -0.561. The maximum Gasteiger partial charge on any atom is 0.263 e. The van der Waals surface area contributed by atoms with Crippen molar-refractivity contribution < 1.29 is 14.3 Å². The topological polar surface area (TPSA) is 42.0 Å². The average molecular weight is 327 g/mol. The lowest BCUT2D eigenvalue weighted by Crippen LogP contribution is -2.44. The van der Waals surface area contributed by atoms with Crippen molar-refractivity contribution in [1.29, 1.82) is 0 Å². The Morgan fingerprint density at radius 3 is 2.77 bits per heavy atom. The molecule has 1 heterocycles. The number of nitrogens with zero attached hydrogens (tertiary/aromatic N) is 2. The first kappa shape index (κ1) is 17.1. The van der Waals surface area contributed by atoms with E-state index >= 15 is 0 Å². The molecule has 0 radical (unpaired) electrons. The van der Waals surface area contributed by atoms with Gasteiger partial charge in [-0.25, -0.2) is 0 Å². The highest BCUT2D eigenvalue weighted by Crippen LogP contribution is 2.24. The highest BCUT2D eigenvalue weighted by Gasteiger charge is 2.21. The maximum atomic E-state index is 12.3. The van der Waals surface area contributed by atoms with Gasteiger partial charge in [0.25, 0.3) is 5.91 Å². The van der Waals surface area contributed by atoms with Crippen LogP contribution in [0.1, 0.15) is 6.92 Å². The van der Waals surface area contributed by atoms with Gasteiger partial charge in [0.15, 0.2) is 6.10 Å². The minimum Gasteiger partial charge on any atom is -0.479 e. The third-order valence-corrected chi connectivity index (χ3v) is 4.03. The number of hydrogen-bond donors (Lipinski definition) is 0. The predicted molar refractivity (Wildman–Crippen MR) is 86.4 cm³/mol. The van der Waals surface area contributed by atoms with Crippen molar-refractivity contribution in [2.45, 2.75) is 13.0 Å². The van der Waals surface area contributed by atoms with Crippen LogP contribution in [0.15, 0.2) is 24.3 Å². The molecular formula is C16H23ClN2O3. The second-order valence-electron chi connectivity index (χ2n) is 5.40. The zero-order valence-corrected chi connectivity index (χ0v) is 13.9. The SMILES string of the molecule is C[C@H](Oc1ccccc1Cl)C(=O)N(C)CCN1CCOCC1. The Bertz CT molecular complexity index is 492. The van der Waals surface area contributed by atoms with Crippen LogP contribution in [0.25, 0.3) is 0 Å². The normalized spacial score (nSPS) is 17.0. The molecule has 1 saturated heterocycles. The number of morpholine rings is 1. The third kappa shape index (κ3) is 4.87. The van der Waals surface area contributed by atoms with Crippen molar-refractivity contribution in [1.82, 2.24) is 9.80 Å². The van der Waals surface area contributed by atoms with Crippen LogP contribution in [0.4, 0.5) is 0 Å². The zero-order chi connectivity index (χ0) is 15.9. The monoisotopic (exact) mass is 326 g/mol. The van der Waals surface area contributed by atoms with Crippen molar-refractivity contribution in [3.8, 4) is 5.75 Å². The molecule has 0 bridgehead atoms. The first-order chi connectivity index (χ1) is 10.6. The van der Waals surface area contributed by atoms with E-state index in [0.29, 0.717) is 17.3 Å². The molecular weight excluding hydrogens is 304 g/mol. The molecule has 1 aromatic rings. The van der Waals surface area contributed by atoms with Crippen LogP contribution in [0.5, 0.6) is 5.75 Å². The molecule has 5 nitrogen and oxygen atoms in total. The van der Waals surface area contributed by atoms with Gasteiger partial charge < -0.3 is 14.4 Å². The quantitative estimate of drug-likeness (QED) is 0.800. The fraction of sp³-hybridized carbons (Fsp3) is 0.562. The van der Waals surface area contributed by atoms with Crippen LogP contribution in [0.3, 0.4) is 0 Å². The van der Waals surface area contributed by atoms with E-state index in [-0.39, 0.29) is 5.91 Å². The van der Waals surface area contributed by atoms with Gasteiger partial charge in [-0.1, -0.05) is 23.7 Å². The lowest BCUT2D eigenvalue weighted by molar-refractivity contribution is -0.136. The Labute approximate surface area is 136 Å². The van der Waals surface area contributed by atoms with Gasteiger partial charge in [-0.2, -0.15) is 0 Å². The van der Waals surface area contributed by atoms with Gasteiger partial charge in [0.1, 0.15) is 5.75 Å². The molecule has 0 N–H and O–H groups in total. The van der Waals surface area contributed by atoms with E-state index in [1.165, 1.54) is 0 Å². The molecule has 1 amide bonds. The van der Waals surface area contributed by atoms with E-state index in [2.05, 4.69) is 4.90 Å².